The predicted molar refractivity (Wildman–Crippen MR) is 76.4 cm³/mol. The Kier molecular flexibility index (Phi) is 8.59. The van der Waals surface area contributed by atoms with E-state index in [1.165, 1.54) is 0 Å². The summed E-state index contributed by atoms with van der Waals surface area (Å²) in [6.45, 7) is 6.00. The van der Waals surface area contributed by atoms with Crippen molar-refractivity contribution in [3.63, 3.8) is 0 Å². The van der Waals surface area contributed by atoms with Gasteiger partial charge in [-0.3, -0.25) is 14.9 Å². The van der Waals surface area contributed by atoms with Crippen LogP contribution in [0.4, 0.5) is 4.79 Å². The first-order valence-electron chi connectivity index (χ1n) is 7.23. The fourth-order valence-electron chi connectivity index (χ4n) is 2.04. The van der Waals surface area contributed by atoms with E-state index in [0.717, 1.165) is 19.3 Å². The molecule has 0 atom stereocenters. The minimum absolute atomic E-state index is 0.0457. The Balaban J connectivity index is 4.07. The molecular formula is C14H26N2O4. The van der Waals surface area contributed by atoms with Crippen molar-refractivity contribution >= 4 is 17.9 Å². The standard InChI is InChI=1S/C14H26N2O4/c1-4-14(5-2,6-3)16-13(20)15-11(17)9-7-8-10-12(18)19/h4-10H2,1-3H3,(H,18,19)(H2,15,16,17,20). The largest absolute Gasteiger partial charge is 0.481 e. The highest BCUT2D eigenvalue weighted by Crippen LogP contribution is 2.18. The molecule has 0 fully saturated rings. The van der Waals surface area contributed by atoms with Crippen LogP contribution < -0.4 is 10.6 Å². The molecule has 3 amide bonds. The van der Waals surface area contributed by atoms with Crippen molar-refractivity contribution in [2.24, 2.45) is 0 Å². The second kappa shape index (κ2) is 9.34. The summed E-state index contributed by atoms with van der Waals surface area (Å²) in [5, 5.41) is 13.6. The monoisotopic (exact) mass is 286 g/mol. The maximum absolute atomic E-state index is 11.7. The molecule has 0 aliphatic heterocycles. The van der Waals surface area contributed by atoms with Crippen LogP contribution >= 0.6 is 0 Å². The zero-order valence-corrected chi connectivity index (χ0v) is 12.6. The van der Waals surface area contributed by atoms with Gasteiger partial charge in [0.05, 0.1) is 0 Å². The van der Waals surface area contributed by atoms with E-state index in [1.54, 1.807) is 0 Å². The van der Waals surface area contributed by atoms with Crippen LogP contribution in [0.25, 0.3) is 0 Å². The average molecular weight is 286 g/mol. The van der Waals surface area contributed by atoms with Crippen molar-refractivity contribution in [1.29, 1.82) is 0 Å². The summed E-state index contributed by atoms with van der Waals surface area (Å²) in [6.07, 6.45) is 3.53. The molecule has 0 aliphatic rings. The summed E-state index contributed by atoms with van der Waals surface area (Å²) in [7, 11) is 0. The van der Waals surface area contributed by atoms with Gasteiger partial charge in [-0.2, -0.15) is 0 Å². The number of aliphatic carboxylic acids is 1. The number of hydrogen-bond donors (Lipinski definition) is 3. The number of unbranched alkanes of at least 4 members (excludes halogenated alkanes) is 1. The van der Waals surface area contributed by atoms with Gasteiger partial charge in [-0.25, -0.2) is 4.79 Å². The minimum Gasteiger partial charge on any atom is -0.481 e. The van der Waals surface area contributed by atoms with Crippen LogP contribution in [0.5, 0.6) is 0 Å². The lowest BCUT2D eigenvalue weighted by Gasteiger charge is -2.31. The Morgan fingerprint density at radius 2 is 1.45 bits per heavy atom. The molecule has 0 spiro atoms. The smallest absolute Gasteiger partial charge is 0.321 e. The highest BCUT2D eigenvalue weighted by Gasteiger charge is 2.26. The van der Waals surface area contributed by atoms with E-state index in [2.05, 4.69) is 10.6 Å². The first-order chi connectivity index (χ1) is 9.39. The number of carboxylic acid groups (broad SMARTS) is 1. The second-order valence-electron chi connectivity index (χ2n) is 4.94. The van der Waals surface area contributed by atoms with Gasteiger partial charge in [-0.1, -0.05) is 20.8 Å². The highest BCUT2D eigenvalue weighted by atomic mass is 16.4. The number of amides is 3. The van der Waals surface area contributed by atoms with Crippen molar-refractivity contribution in [2.45, 2.75) is 71.3 Å². The third-order valence-electron chi connectivity index (χ3n) is 3.71. The van der Waals surface area contributed by atoms with E-state index in [1.807, 2.05) is 20.8 Å². The third-order valence-corrected chi connectivity index (χ3v) is 3.71. The van der Waals surface area contributed by atoms with E-state index in [4.69, 9.17) is 5.11 Å². The molecule has 0 aromatic carbocycles. The summed E-state index contributed by atoms with van der Waals surface area (Å²) in [6, 6.07) is -0.473. The Morgan fingerprint density at radius 3 is 1.90 bits per heavy atom. The van der Waals surface area contributed by atoms with Gasteiger partial charge < -0.3 is 10.4 Å². The Hall–Kier alpha value is -1.59. The van der Waals surface area contributed by atoms with Crippen LogP contribution in [0.3, 0.4) is 0 Å². The number of imide groups is 1. The maximum atomic E-state index is 11.7. The van der Waals surface area contributed by atoms with Gasteiger partial charge in [0, 0.05) is 18.4 Å². The Morgan fingerprint density at radius 1 is 0.950 bits per heavy atom. The summed E-state index contributed by atoms with van der Waals surface area (Å²) < 4.78 is 0. The molecule has 0 aromatic heterocycles. The molecule has 0 saturated heterocycles. The lowest BCUT2D eigenvalue weighted by Crippen LogP contribution is -2.52. The molecule has 0 aromatic rings. The molecule has 116 valence electrons. The molecule has 0 aliphatic carbocycles. The van der Waals surface area contributed by atoms with Crippen LogP contribution in [-0.4, -0.2) is 28.6 Å². The summed E-state index contributed by atoms with van der Waals surface area (Å²) >= 11 is 0. The van der Waals surface area contributed by atoms with Gasteiger partial charge in [-0.15, -0.1) is 0 Å². The number of carbonyl (C=O) groups excluding carboxylic acids is 2. The van der Waals surface area contributed by atoms with Crippen molar-refractivity contribution in [2.75, 3.05) is 0 Å². The molecular weight excluding hydrogens is 260 g/mol. The molecule has 3 N–H and O–H groups in total. The van der Waals surface area contributed by atoms with E-state index in [9.17, 15) is 14.4 Å². The zero-order valence-electron chi connectivity index (χ0n) is 12.6. The van der Waals surface area contributed by atoms with Crippen LogP contribution in [0.2, 0.25) is 0 Å². The quantitative estimate of drug-likeness (QED) is 0.567. The molecule has 0 saturated carbocycles. The number of nitrogens with one attached hydrogen (secondary N) is 2. The van der Waals surface area contributed by atoms with Gasteiger partial charge >= 0.3 is 12.0 Å². The third kappa shape index (κ3) is 7.11. The number of carbonyl (C=O) groups is 3. The normalized spacial score (nSPS) is 10.9. The fourth-order valence-corrected chi connectivity index (χ4v) is 2.04. The number of rotatable bonds is 9. The van der Waals surface area contributed by atoms with Crippen LogP contribution in [0.15, 0.2) is 0 Å². The van der Waals surface area contributed by atoms with Crippen LogP contribution in [0.1, 0.15) is 65.7 Å². The van der Waals surface area contributed by atoms with Crippen molar-refractivity contribution < 1.29 is 19.5 Å². The number of hydrogen-bond acceptors (Lipinski definition) is 3. The first-order valence-corrected chi connectivity index (χ1v) is 7.23. The molecule has 0 unspecified atom stereocenters. The van der Waals surface area contributed by atoms with Crippen molar-refractivity contribution in [3.8, 4) is 0 Å². The Labute approximate surface area is 120 Å². The van der Waals surface area contributed by atoms with E-state index < -0.39 is 12.0 Å². The predicted octanol–water partition coefficient (Wildman–Crippen LogP) is 2.43. The first kappa shape index (κ1) is 18.4. The second-order valence-corrected chi connectivity index (χ2v) is 4.94. The van der Waals surface area contributed by atoms with E-state index >= 15 is 0 Å². The summed E-state index contributed by atoms with van der Waals surface area (Å²) in [5.74, 6) is -1.24. The molecule has 0 rings (SSSR count). The van der Waals surface area contributed by atoms with Crippen molar-refractivity contribution in [1.82, 2.24) is 10.6 Å². The molecule has 0 radical (unpaired) electrons. The lowest BCUT2D eigenvalue weighted by atomic mass is 9.90. The van der Waals surface area contributed by atoms with Gasteiger partial charge in [0.25, 0.3) is 0 Å². The SMILES string of the molecule is CCC(CC)(CC)NC(=O)NC(=O)CCCCC(=O)O. The Bertz CT molecular complexity index is 330. The van der Waals surface area contributed by atoms with E-state index in [0.29, 0.717) is 12.8 Å². The molecule has 0 heterocycles. The molecule has 6 heteroatoms. The summed E-state index contributed by atoms with van der Waals surface area (Å²) in [4.78, 5) is 33.6. The molecule has 20 heavy (non-hydrogen) atoms. The molecule has 6 nitrogen and oxygen atoms in total. The van der Waals surface area contributed by atoms with Crippen LogP contribution in [-0.2, 0) is 9.59 Å². The van der Waals surface area contributed by atoms with Gasteiger partial charge in [0.15, 0.2) is 0 Å². The number of carboxylic acids is 1. The number of urea groups is 1. The van der Waals surface area contributed by atoms with Crippen LogP contribution in [0, 0.1) is 0 Å². The summed E-state index contributed by atoms with van der Waals surface area (Å²) in [5.41, 5.74) is -0.270. The van der Waals surface area contributed by atoms with E-state index in [-0.39, 0.29) is 24.3 Å². The van der Waals surface area contributed by atoms with Crippen molar-refractivity contribution in [3.05, 3.63) is 0 Å². The van der Waals surface area contributed by atoms with Gasteiger partial charge in [0.1, 0.15) is 0 Å². The fraction of sp³-hybridized carbons (Fsp3) is 0.786. The maximum Gasteiger partial charge on any atom is 0.321 e. The minimum atomic E-state index is -0.873. The van der Waals surface area contributed by atoms with Gasteiger partial charge in [0.2, 0.25) is 5.91 Å². The topological polar surface area (TPSA) is 95.5 Å². The average Bonchev–Trinajstić information content (AvgIpc) is 2.41. The lowest BCUT2D eigenvalue weighted by molar-refractivity contribution is -0.137. The van der Waals surface area contributed by atoms with Gasteiger partial charge in [-0.05, 0) is 32.1 Å². The zero-order chi connectivity index (χ0) is 15.6. The molecule has 0 bridgehead atoms. The highest BCUT2D eigenvalue weighted by molar-refractivity contribution is 5.94.